The molecular formula is C18H15F2N3O5S2. The summed E-state index contributed by atoms with van der Waals surface area (Å²) in [4.78, 5) is 27.7. The third-order valence-corrected chi connectivity index (χ3v) is 6.08. The number of benzene rings is 2. The fraction of sp³-hybridized carbons (Fsp3) is 0.167. The van der Waals surface area contributed by atoms with Crippen LogP contribution in [0.4, 0.5) is 8.78 Å². The van der Waals surface area contributed by atoms with Crippen molar-refractivity contribution in [3.05, 3.63) is 58.4 Å². The molecule has 3 aromatic rings. The minimum Gasteiger partial charge on any atom is -0.469 e. The summed E-state index contributed by atoms with van der Waals surface area (Å²) >= 11 is 0.907. The largest absolute Gasteiger partial charge is 0.469 e. The molecule has 2 aromatic carbocycles. The fourth-order valence-electron chi connectivity index (χ4n) is 2.68. The summed E-state index contributed by atoms with van der Waals surface area (Å²) in [7, 11) is -2.76. The number of nitrogens with zero attached hydrogens (tertiary/aromatic N) is 2. The van der Waals surface area contributed by atoms with Crippen molar-refractivity contribution in [1.82, 2.24) is 4.57 Å². The van der Waals surface area contributed by atoms with Gasteiger partial charge < -0.3 is 9.30 Å². The van der Waals surface area contributed by atoms with Gasteiger partial charge >= 0.3 is 5.97 Å². The third-order valence-electron chi connectivity index (χ3n) is 4.12. The molecule has 0 saturated carbocycles. The van der Waals surface area contributed by atoms with Crippen molar-refractivity contribution < 1.29 is 31.5 Å². The van der Waals surface area contributed by atoms with Gasteiger partial charge in [-0.3, -0.25) is 9.59 Å². The number of methoxy groups -OCH3 is 1. The minimum absolute atomic E-state index is 0.0214. The molecule has 1 aromatic heterocycles. The van der Waals surface area contributed by atoms with E-state index in [1.165, 1.54) is 29.9 Å². The summed E-state index contributed by atoms with van der Waals surface area (Å²) in [6.45, 7) is 0.0350. The number of fused-ring (bicyclic) bond motifs is 1. The monoisotopic (exact) mass is 455 g/mol. The van der Waals surface area contributed by atoms with Gasteiger partial charge in [-0.25, -0.2) is 22.3 Å². The number of sulfonamides is 1. The van der Waals surface area contributed by atoms with E-state index in [0.717, 1.165) is 29.5 Å². The predicted molar refractivity (Wildman–Crippen MR) is 104 cm³/mol. The van der Waals surface area contributed by atoms with Gasteiger partial charge in [0.2, 0.25) is 10.0 Å². The summed E-state index contributed by atoms with van der Waals surface area (Å²) in [6, 6.07) is 6.97. The first kappa shape index (κ1) is 21.7. The maximum atomic E-state index is 13.9. The molecular weight excluding hydrogens is 440 g/mol. The van der Waals surface area contributed by atoms with E-state index in [4.69, 9.17) is 5.14 Å². The van der Waals surface area contributed by atoms with Crippen molar-refractivity contribution in [2.45, 2.75) is 17.9 Å². The lowest BCUT2D eigenvalue weighted by Crippen LogP contribution is -2.20. The van der Waals surface area contributed by atoms with E-state index in [1.807, 2.05) is 0 Å². The molecule has 0 aliphatic rings. The first-order valence-corrected chi connectivity index (χ1v) is 10.7. The highest BCUT2D eigenvalue weighted by molar-refractivity contribution is 7.89. The second kappa shape index (κ2) is 8.42. The van der Waals surface area contributed by atoms with Crippen LogP contribution in [-0.4, -0.2) is 32.0 Å². The number of aryl methyl sites for hydroxylation is 1. The van der Waals surface area contributed by atoms with Gasteiger partial charge in [-0.2, -0.15) is 4.99 Å². The van der Waals surface area contributed by atoms with Gasteiger partial charge in [0.1, 0.15) is 17.2 Å². The van der Waals surface area contributed by atoms with Gasteiger partial charge in [0.05, 0.1) is 28.6 Å². The van der Waals surface area contributed by atoms with Crippen molar-refractivity contribution >= 4 is 43.5 Å². The summed E-state index contributed by atoms with van der Waals surface area (Å²) in [5, 5.41) is 5.15. The Morgan fingerprint density at radius 2 is 1.87 bits per heavy atom. The molecule has 0 radical (unpaired) electrons. The second-order valence-electron chi connectivity index (χ2n) is 6.05. The lowest BCUT2D eigenvalue weighted by Gasteiger charge is -2.05. The Morgan fingerprint density at radius 3 is 2.47 bits per heavy atom. The zero-order valence-electron chi connectivity index (χ0n) is 15.5. The van der Waals surface area contributed by atoms with Crippen LogP contribution in [0.2, 0.25) is 0 Å². The molecule has 3 rings (SSSR count). The Kier molecular flexibility index (Phi) is 6.10. The number of aromatic nitrogens is 1. The Hall–Kier alpha value is -2.96. The molecule has 1 amide bonds. The Balaban J connectivity index is 2.19. The number of hydrogen-bond donors (Lipinski definition) is 1. The van der Waals surface area contributed by atoms with Crippen LogP contribution in [0.3, 0.4) is 0 Å². The van der Waals surface area contributed by atoms with Gasteiger partial charge in [0.25, 0.3) is 5.91 Å². The number of carbonyl (C=O) groups excluding carboxylic acids is 2. The quantitative estimate of drug-likeness (QED) is 0.590. The molecule has 0 aliphatic heterocycles. The zero-order valence-corrected chi connectivity index (χ0v) is 17.1. The van der Waals surface area contributed by atoms with Crippen LogP contribution in [0.15, 0.2) is 46.3 Å². The number of amides is 1. The lowest BCUT2D eigenvalue weighted by molar-refractivity contribution is -0.140. The van der Waals surface area contributed by atoms with Crippen molar-refractivity contribution in [1.29, 1.82) is 0 Å². The summed E-state index contributed by atoms with van der Waals surface area (Å²) in [6.07, 6.45) is -0.0747. The molecule has 0 saturated heterocycles. The molecule has 0 bridgehead atoms. The molecule has 0 unspecified atom stereocenters. The first-order valence-electron chi connectivity index (χ1n) is 8.38. The lowest BCUT2D eigenvalue weighted by atomic mass is 10.2. The van der Waals surface area contributed by atoms with Gasteiger partial charge in [-0.15, -0.1) is 0 Å². The maximum absolute atomic E-state index is 13.9. The van der Waals surface area contributed by atoms with Crippen molar-refractivity contribution in [3.8, 4) is 0 Å². The van der Waals surface area contributed by atoms with Gasteiger partial charge in [-0.05, 0) is 30.3 Å². The van der Waals surface area contributed by atoms with Gasteiger partial charge in [0.15, 0.2) is 4.80 Å². The van der Waals surface area contributed by atoms with E-state index in [2.05, 4.69) is 9.73 Å². The molecule has 0 aliphatic carbocycles. The molecule has 30 heavy (non-hydrogen) atoms. The zero-order chi connectivity index (χ0) is 22.1. The number of hydrogen-bond acceptors (Lipinski definition) is 6. The van der Waals surface area contributed by atoms with Crippen molar-refractivity contribution in [2.24, 2.45) is 10.1 Å². The van der Waals surface area contributed by atoms with Crippen LogP contribution in [0, 0.1) is 11.6 Å². The normalized spacial score (nSPS) is 12.3. The number of nitrogens with two attached hydrogens (primary N) is 1. The van der Waals surface area contributed by atoms with Crippen molar-refractivity contribution in [2.75, 3.05) is 7.11 Å². The van der Waals surface area contributed by atoms with Crippen LogP contribution in [0.25, 0.3) is 10.2 Å². The molecule has 0 atom stereocenters. The number of carbonyl (C=O) groups is 2. The van der Waals surface area contributed by atoms with E-state index in [1.54, 1.807) is 0 Å². The number of halogens is 2. The minimum atomic E-state index is -3.98. The number of rotatable bonds is 5. The average molecular weight is 455 g/mol. The average Bonchev–Trinajstić information content (AvgIpc) is 3.01. The van der Waals surface area contributed by atoms with Crippen LogP contribution < -0.4 is 9.94 Å². The summed E-state index contributed by atoms with van der Waals surface area (Å²) < 4.78 is 57.5. The van der Waals surface area contributed by atoms with Gasteiger partial charge in [0, 0.05) is 6.54 Å². The molecule has 2 N–H and O–H groups in total. The Labute approximate surface area is 173 Å². The first-order chi connectivity index (χ1) is 14.1. The predicted octanol–water partition coefficient (Wildman–Crippen LogP) is 1.93. The van der Waals surface area contributed by atoms with E-state index >= 15 is 0 Å². The van der Waals surface area contributed by atoms with Crippen LogP contribution in [-0.2, 0) is 26.1 Å². The van der Waals surface area contributed by atoms with Crippen LogP contribution >= 0.6 is 11.3 Å². The molecule has 12 heteroatoms. The summed E-state index contributed by atoms with van der Waals surface area (Å²) in [5.74, 6) is -3.82. The number of ether oxygens (including phenoxy) is 1. The molecule has 8 nitrogen and oxygen atoms in total. The standard InChI is InChI=1S/C18H15F2N3O5S2/c1-28-15(24)7-8-23-13-6-5-10(30(21,26)27)9-14(13)29-18(23)22-17(25)16-11(19)3-2-4-12(16)20/h2-6,9H,7-8H2,1H3,(H2,21,26,27). The van der Waals surface area contributed by atoms with Crippen molar-refractivity contribution in [3.63, 3.8) is 0 Å². The Morgan fingerprint density at radius 1 is 1.20 bits per heavy atom. The highest BCUT2D eigenvalue weighted by Gasteiger charge is 2.18. The number of primary sulfonamides is 1. The van der Waals surface area contributed by atoms with Crippen LogP contribution in [0.1, 0.15) is 16.8 Å². The highest BCUT2D eigenvalue weighted by atomic mass is 32.2. The summed E-state index contributed by atoms with van der Waals surface area (Å²) in [5.41, 5.74) is -0.364. The van der Waals surface area contributed by atoms with Crippen LogP contribution in [0.5, 0.6) is 0 Å². The van der Waals surface area contributed by atoms with E-state index in [0.29, 0.717) is 10.2 Å². The highest BCUT2D eigenvalue weighted by Crippen LogP contribution is 2.22. The molecule has 0 fully saturated rings. The SMILES string of the molecule is COC(=O)CCn1c(=NC(=O)c2c(F)cccc2F)sc2cc(S(N)(=O)=O)ccc21. The third kappa shape index (κ3) is 4.45. The molecule has 1 heterocycles. The Bertz CT molecular complexity index is 1310. The smallest absolute Gasteiger partial charge is 0.307 e. The number of esters is 1. The number of thiazole rings is 1. The maximum Gasteiger partial charge on any atom is 0.307 e. The molecule has 0 spiro atoms. The fourth-order valence-corrected chi connectivity index (χ4v) is 4.39. The van der Waals surface area contributed by atoms with E-state index in [-0.39, 0.29) is 22.7 Å². The second-order valence-corrected chi connectivity index (χ2v) is 8.62. The van der Waals surface area contributed by atoms with E-state index in [9.17, 15) is 26.8 Å². The topological polar surface area (TPSA) is 121 Å². The van der Waals surface area contributed by atoms with Gasteiger partial charge in [-0.1, -0.05) is 17.4 Å². The molecule has 158 valence electrons. The van der Waals surface area contributed by atoms with E-state index < -0.39 is 39.1 Å².